The van der Waals surface area contributed by atoms with Crippen molar-refractivity contribution in [2.45, 2.75) is 349 Å². The second-order valence-corrected chi connectivity index (χ2v) is 28.5. The van der Waals surface area contributed by atoms with Gasteiger partial charge in [0.05, 0.1) is 38.6 Å². The predicted octanol–water partition coefficient (Wildman–Crippen LogP) is 30.8. The van der Waals surface area contributed by atoms with E-state index < -0.39 is 11.6 Å². The number of benzene rings is 4. The van der Waals surface area contributed by atoms with Gasteiger partial charge in [0.1, 0.15) is 11.6 Å². The van der Waals surface area contributed by atoms with Crippen LogP contribution in [0.4, 0.5) is 17.6 Å². The average Bonchev–Trinajstić information content (AvgIpc) is 0.861. The fraction of sp³-hybridized carbons (Fsp3) is 0.699. The number of aryl methyl sites for hydroxylation is 8. The smallest absolute Gasteiger partial charge is 0.161 e. The Hall–Kier alpha value is -4.16. The van der Waals surface area contributed by atoms with E-state index in [1.807, 2.05) is 39.8 Å². The van der Waals surface area contributed by atoms with E-state index in [1.54, 1.807) is 49.3 Å². The Kier molecular flexibility index (Phi) is 84.3. The van der Waals surface area contributed by atoms with Gasteiger partial charge in [0.15, 0.2) is 24.2 Å². The molecule has 4 aromatic carbocycles. The van der Waals surface area contributed by atoms with Crippen molar-refractivity contribution in [3.05, 3.63) is 164 Å². The maximum atomic E-state index is 12.6. The van der Waals surface area contributed by atoms with E-state index >= 15 is 0 Å². The molecule has 6 unspecified atom stereocenters. The van der Waals surface area contributed by atoms with Crippen LogP contribution in [-0.2, 0) is 28.4 Å². The minimum atomic E-state index is -0.736. The lowest BCUT2D eigenvalue weighted by Gasteiger charge is -2.24. The molecule has 0 radical (unpaired) electrons. The molecule has 4 aromatic rings. The van der Waals surface area contributed by atoms with Gasteiger partial charge >= 0.3 is 0 Å². The first-order chi connectivity index (χ1) is 43.3. The summed E-state index contributed by atoms with van der Waals surface area (Å²) in [5, 5.41) is 0. The Labute approximate surface area is 642 Å². The molecule has 11 rings (SSSR count). The van der Waals surface area contributed by atoms with Gasteiger partial charge in [-0.2, -0.15) is 0 Å². The van der Waals surface area contributed by atoms with Crippen LogP contribution in [0, 0.1) is 126 Å². The zero-order valence-electron chi connectivity index (χ0n) is 62.1. The van der Waals surface area contributed by atoms with Crippen molar-refractivity contribution in [3.63, 3.8) is 0 Å². The highest BCUT2D eigenvalue weighted by Gasteiger charge is 2.17. The maximum Gasteiger partial charge on any atom is 0.161 e. The van der Waals surface area contributed by atoms with Gasteiger partial charge in [0, 0.05) is 25.0 Å². The van der Waals surface area contributed by atoms with E-state index in [0.717, 1.165) is 86.3 Å². The van der Waals surface area contributed by atoms with Gasteiger partial charge in [-0.3, -0.25) is 0 Å². The highest BCUT2D eigenvalue weighted by Crippen LogP contribution is 2.28. The summed E-state index contributed by atoms with van der Waals surface area (Å²) in [6, 6.07) is 22.0. The molecule has 4 aliphatic heterocycles. The molecule has 612 valence electrons. The summed E-state index contributed by atoms with van der Waals surface area (Å²) >= 11 is 0. The second-order valence-electron chi connectivity index (χ2n) is 28.5. The van der Waals surface area contributed by atoms with Crippen LogP contribution in [0.2, 0.25) is 0 Å². The molecule has 0 N–H and O–H groups in total. The van der Waals surface area contributed by atoms with Crippen molar-refractivity contribution in [2.24, 2.45) is 47.3 Å². The monoisotopic (exact) mass is 1470 g/mol. The third-order valence-corrected chi connectivity index (χ3v) is 17.4. The normalized spacial score (nSPS) is 23.4. The standard InChI is InChI=1S/C8H8F2.2C8H9F.C8H16.2C8H14.C8H10.2C7H14O.2C6H12O2.11CH4/c1-5-3-4-6(2)8(10)7(5)9;2*1-6-3-4-7(2)8(9)5-6;4*1-7-3-5-8(2)6-4-7;2*1-6-3-4-7(2)8-5-6;2*1-5-3-7-6(2)8-4-5;;;;;;;;;;;/h3-4H,1-2H3;2*3-5H,1-2H3;7-8H,3-6H2,1-2H3;2*3,8H,4-6H2,1-2H3;3-6H,1-2H3;2*6-7H,3-5H2,1-2H3;2*5-6H,3-4H2,1-2H3;11*1H4. The average molecular weight is 1470 g/mol. The number of ether oxygens (including phenoxy) is 6. The van der Waals surface area contributed by atoms with Crippen molar-refractivity contribution < 1.29 is 46.0 Å². The van der Waals surface area contributed by atoms with E-state index in [0.29, 0.717) is 46.3 Å². The molecule has 4 saturated heterocycles. The van der Waals surface area contributed by atoms with Gasteiger partial charge in [0.25, 0.3) is 0 Å². The first kappa shape index (κ1) is 123. The molecule has 6 atom stereocenters. The van der Waals surface area contributed by atoms with Crippen LogP contribution in [0.5, 0.6) is 0 Å². The minimum Gasteiger partial charge on any atom is -0.378 e. The maximum absolute atomic E-state index is 12.6. The van der Waals surface area contributed by atoms with Crippen LogP contribution in [-0.4, -0.2) is 64.4 Å². The van der Waals surface area contributed by atoms with E-state index in [4.69, 9.17) is 28.4 Å². The molecule has 5 fully saturated rings. The SMILES string of the molecule is C.C.C.C.C.C.C.C.C.C.C.CC1=CCC(C)CC1.CC1=CCC(C)CC1.CC1CCC(C)CC1.CC1CCC(C)OC1.CC1CCC(C)OC1.CC1COC(C)OC1.CC1COC(C)OC1.Cc1ccc(C)c(F)c1.Cc1ccc(C)c(F)c1.Cc1ccc(C)c(F)c1F.Cc1ccc(C)cc1. The topological polar surface area (TPSA) is 55.4 Å². The first-order valence-electron chi connectivity index (χ1n) is 35.2. The van der Waals surface area contributed by atoms with Crippen LogP contribution < -0.4 is 0 Å². The van der Waals surface area contributed by atoms with Crippen molar-refractivity contribution in [1.82, 2.24) is 0 Å². The quantitative estimate of drug-likeness (QED) is 0.129. The van der Waals surface area contributed by atoms with E-state index in [-0.39, 0.29) is 106 Å². The highest BCUT2D eigenvalue weighted by atomic mass is 19.2. The Morgan fingerprint density at radius 2 is 0.505 bits per heavy atom. The Morgan fingerprint density at radius 3 is 0.699 bits per heavy atom. The van der Waals surface area contributed by atoms with Crippen LogP contribution >= 0.6 is 0 Å². The number of rotatable bonds is 0. The zero-order valence-corrected chi connectivity index (χ0v) is 62.1. The van der Waals surface area contributed by atoms with Gasteiger partial charge in [-0.15, -0.1) is 0 Å². The van der Waals surface area contributed by atoms with E-state index in [1.165, 1.54) is 127 Å². The van der Waals surface area contributed by atoms with Crippen LogP contribution in [0.3, 0.4) is 0 Å². The number of halogens is 4. The lowest BCUT2D eigenvalue weighted by Crippen LogP contribution is -2.27. The molecule has 0 amide bonds. The lowest BCUT2D eigenvalue weighted by molar-refractivity contribution is -0.187. The third kappa shape index (κ3) is 63.6. The van der Waals surface area contributed by atoms with E-state index in [2.05, 4.69) is 133 Å². The summed E-state index contributed by atoms with van der Waals surface area (Å²) in [5.74, 6) is 4.97. The molecule has 6 nitrogen and oxygen atoms in total. The van der Waals surface area contributed by atoms with Crippen molar-refractivity contribution in [1.29, 1.82) is 0 Å². The third-order valence-electron chi connectivity index (χ3n) is 17.4. The molecule has 103 heavy (non-hydrogen) atoms. The summed E-state index contributed by atoms with van der Waals surface area (Å²) in [4.78, 5) is 0. The van der Waals surface area contributed by atoms with Crippen LogP contribution in [0.15, 0.2) is 96.1 Å². The van der Waals surface area contributed by atoms with Crippen LogP contribution in [0.1, 0.15) is 313 Å². The zero-order chi connectivity index (χ0) is 69.3. The van der Waals surface area contributed by atoms with E-state index in [9.17, 15) is 17.6 Å². The summed E-state index contributed by atoms with van der Waals surface area (Å²) in [5.41, 5.74) is 9.89. The van der Waals surface area contributed by atoms with Crippen molar-refractivity contribution in [2.75, 3.05) is 39.6 Å². The molecule has 0 bridgehead atoms. The molecule has 0 spiro atoms. The van der Waals surface area contributed by atoms with Gasteiger partial charge in [0.2, 0.25) is 0 Å². The fourth-order valence-electron chi connectivity index (χ4n) is 9.82. The molecule has 4 heterocycles. The summed E-state index contributed by atoms with van der Waals surface area (Å²) in [6.45, 7) is 50.6. The largest absolute Gasteiger partial charge is 0.378 e. The Bertz CT molecular complexity index is 2270. The van der Waals surface area contributed by atoms with Gasteiger partial charge in [-0.05, 0) is 242 Å². The lowest BCUT2D eigenvalue weighted by atomic mass is 9.84. The van der Waals surface area contributed by atoms with Gasteiger partial charge in [-0.1, -0.05) is 258 Å². The molecule has 10 heteroatoms. The number of hydrogen-bond donors (Lipinski definition) is 0. The Morgan fingerprint density at radius 1 is 0.262 bits per heavy atom. The summed E-state index contributed by atoms with van der Waals surface area (Å²) < 4.78 is 81.8. The van der Waals surface area contributed by atoms with Crippen molar-refractivity contribution >= 4 is 0 Å². The molecule has 1 saturated carbocycles. The summed E-state index contributed by atoms with van der Waals surface area (Å²) in [7, 11) is 0. The highest BCUT2D eigenvalue weighted by molar-refractivity contribution is 5.25. The number of hydrogen-bond acceptors (Lipinski definition) is 6. The van der Waals surface area contributed by atoms with Crippen molar-refractivity contribution in [3.8, 4) is 0 Å². The second kappa shape index (κ2) is 70.8. The summed E-state index contributed by atoms with van der Waals surface area (Å²) in [6.07, 6.45) is 25.0. The molecule has 7 aliphatic rings. The molecular formula is C93H176F4O6. The first-order valence-corrected chi connectivity index (χ1v) is 35.2. The molecule has 3 aliphatic carbocycles. The van der Waals surface area contributed by atoms with Crippen LogP contribution in [0.25, 0.3) is 0 Å². The number of allylic oxidation sites excluding steroid dienone is 4. The molecule has 0 aromatic heterocycles. The minimum absolute atomic E-state index is 0. The Balaban J connectivity index is -0.0000000994. The molecular weight excluding hydrogens is 1290 g/mol. The van der Waals surface area contributed by atoms with Gasteiger partial charge in [-0.25, -0.2) is 17.6 Å². The van der Waals surface area contributed by atoms with Gasteiger partial charge < -0.3 is 28.4 Å². The predicted molar refractivity (Wildman–Crippen MR) is 457 cm³/mol. The fourth-order valence-corrected chi connectivity index (χ4v) is 9.82.